The zero-order chi connectivity index (χ0) is 26.1. The fraction of sp³-hybridized carbons (Fsp3) is 0.150. The lowest BCUT2D eigenvalue weighted by Crippen LogP contribution is -2.26. The van der Waals surface area contributed by atoms with E-state index in [4.69, 9.17) is 34.8 Å². The second-order valence-corrected chi connectivity index (χ2v) is 8.07. The van der Waals surface area contributed by atoms with Crippen LogP contribution < -0.4 is 5.43 Å². The van der Waals surface area contributed by atoms with Crippen LogP contribution in [0.15, 0.2) is 48.8 Å². The summed E-state index contributed by atoms with van der Waals surface area (Å²) in [5, 5.41) is 5.85. The summed E-state index contributed by atoms with van der Waals surface area (Å²) in [6.07, 6.45) is -7.87. The Kier molecular flexibility index (Phi) is 7.68. The van der Waals surface area contributed by atoms with Gasteiger partial charge in [0.25, 0.3) is 5.91 Å². The van der Waals surface area contributed by atoms with E-state index in [1.807, 2.05) is 5.43 Å². The van der Waals surface area contributed by atoms with Crippen molar-refractivity contribution in [2.75, 3.05) is 5.43 Å². The van der Waals surface area contributed by atoms with Crippen molar-refractivity contribution in [1.82, 2.24) is 15.1 Å². The van der Waals surface area contributed by atoms with Crippen LogP contribution in [-0.2, 0) is 6.18 Å². The van der Waals surface area contributed by atoms with E-state index in [2.05, 4.69) is 10.3 Å². The quantitative estimate of drug-likeness (QED) is 0.263. The van der Waals surface area contributed by atoms with Crippen LogP contribution in [0.4, 0.5) is 30.7 Å². The van der Waals surface area contributed by atoms with Crippen molar-refractivity contribution in [3.8, 4) is 0 Å². The topological polar surface area (TPSA) is 59.8 Å². The van der Waals surface area contributed by atoms with E-state index in [1.165, 1.54) is 0 Å². The van der Waals surface area contributed by atoms with Gasteiger partial charge in [-0.3, -0.25) is 4.79 Å². The van der Waals surface area contributed by atoms with Gasteiger partial charge in [0.1, 0.15) is 11.7 Å². The van der Waals surface area contributed by atoms with Gasteiger partial charge in [0.2, 0.25) is 0 Å². The van der Waals surface area contributed by atoms with E-state index in [0.29, 0.717) is 6.07 Å². The number of allylic oxidation sites excluding steroid dienone is 1. The lowest BCUT2D eigenvalue weighted by molar-refractivity contribution is -0.140. The van der Waals surface area contributed by atoms with Crippen LogP contribution in [0.3, 0.4) is 0 Å². The number of benzene rings is 2. The molecule has 1 heterocycles. The smallest absolute Gasteiger partial charge is 0.267 e. The third kappa shape index (κ3) is 6.24. The molecule has 1 amide bonds. The summed E-state index contributed by atoms with van der Waals surface area (Å²) in [6, 6.07) is 3.20. The minimum atomic E-state index is -5.15. The molecule has 0 radical (unpaired) electrons. The Hall–Kier alpha value is -2.83. The molecule has 0 fully saturated rings. The van der Waals surface area contributed by atoms with Gasteiger partial charge in [0.05, 0.1) is 38.6 Å². The Bertz CT molecular complexity index is 1250. The van der Waals surface area contributed by atoms with E-state index in [-0.39, 0.29) is 27.2 Å². The number of hydrogen-bond donors (Lipinski definition) is 1. The van der Waals surface area contributed by atoms with Crippen molar-refractivity contribution in [3.05, 3.63) is 86.1 Å². The van der Waals surface area contributed by atoms with Crippen molar-refractivity contribution >= 4 is 46.5 Å². The average Bonchev–Trinajstić information content (AvgIpc) is 3.26. The van der Waals surface area contributed by atoms with Gasteiger partial charge in [-0.25, -0.2) is 9.82 Å². The molecule has 1 atom stereocenters. The minimum absolute atomic E-state index is 0.0700. The fourth-order valence-corrected chi connectivity index (χ4v) is 3.55. The summed E-state index contributed by atoms with van der Waals surface area (Å²) in [7, 11) is 0. The molecule has 3 aromatic rings. The number of nitrogens with zero attached hydrogens (tertiary/aromatic N) is 3. The zero-order valence-electron chi connectivity index (χ0n) is 16.7. The van der Waals surface area contributed by atoms with Gasteiger partial charge < -0.3 is 0 Å². The first-order chi connectivity index (χ1) is 16.2. The second-order valence-electron chi connectivity index (χ2n) is 6.88. The van der Waals surface area contributed by atoms with Crippen LogP contribution >= 0.6 is 34.8 Å². The lowest BCUT2D eigenvalue weighted by atomic mass is 9.95. The van der Waals surface area contributed by atoms with E-state index in [1.54, 1.807) is 0 Å². The number of nitrogens with one attached hydrogen (secondary N) is 1. The third-order valence-electron chi connectivity index (χ3n) is 4.51. The van der Waals surface area contributed by atoms with Crippen molar-refractivity contribution in [3.63, 3.8) is 0 Å². The molecule has 1 aromatic heterocycles. The number of alkyl halides is 6. The maximum atomic E-state index is 14.9. The zero-order valence-corrected chi connectivity index (χ0v) is 19.0. The summed E-state index contributed by atoms with van der Waals surface area (Å²) >= 11 is 17.3. The number of aromatic nitrogens is 3. The summed E-state index contributed by atoms with van der Waals surface area (Å²) in [5.74, 6) is -5.53. The van der Waals surface area contributed by atoms with Crippen molar-refractivity contribution in [1.29, 1.82) is 0 Å². The predicted molar refractivity (Wildman–Crippen MR) is 115 cm³/mol. The highest BCUT2D eigenvalue weighted by atomic mass is 35.5. The molecule has 15 heteroatoms. The Morgan fingerprint density at radius 1 is 1.03 bits per heavy atom. The molecule has 0 spiro atoms. The molecule has 0 bridgehead atoms. The van der Waals surface area contributed by atoms with Gasteiger partial charge in [0, 0.05) is 5.56 Å². The summed E-state index contributed by atoms with van der Waals surface area (Å²) in [6.45, 7) is 0. The monoisotopic (exact) mass is 560 g/mol. The Morgan fingerprint density at radius 3 is 2.17 bits per heavy atom. The first kappa shape index (κ1) is 26.8. The Morgan fingerprint density at radius 2 is 1.66 bits per heavy atom. The number of amides is 1. The molecule has 1 unspecified atom stereocenters. The van der Waals surface area contributed by atoms with Gasteiger partial charge >= 0.3 is 12.4 Å². The summed E-state index contributed by atoms with van der Waals surface area (Å²) in [4.78, 5) is 13.0. The Labute approximate surface area is 207 Å². The highest BCUT2D eigenvalue weighted by Gasteiger charge is 2.41. The molecular weight excluding hydrogens is 552 g/mol. The number of hydrogen-bond acceptors (Lipinski definition) is 3. The highest BCUT2D eigenvalue weighted by molar-refractivity contribution is 6.48. The van der Waals surface area contributed by atoms with E-state index in [0.717, 1.165) is 35.4 Å². The lowest BCUT2D eigenvalue weighted by Gasteiger charge is -2.19. The van der Waals surface area contributed by atoms with Gasteiger partial charge in [-0.1, -0.05) is 40.9 Å². The Balaban J connectivity index is 2.05. The number of carbonyl (C=O) groups is 1. The molecular formula is C20H10Cl3F7N4O. The fourth-order valence-electron chi connectivity index (χ4n) is 2.93. The normalized spacial score (nSPS) is 13.6. The summed E-state index contributed by atoms with van der Waals surface area (Å²) < 4.78 is 96.7. The molecule has 5 nitrogen and oxygen atoms in total. The third-order valence-corrected chi connectivity index (χ3v) is 5.71. The van der Waals surface area contributed by atoms with Gasteiger partial charge in [-0.2, -0.15) is 31.1 Å². The number of carbonyl (C=O) groups excluding carboxylic acids is 1. The van der Waals surface area contributed by atoms with E-state index in [9.17, 15) is 35.5 Å². The van der Waals surface area contributed by atoms with Crippen molar-refractivity contribution in [2.24, 2.45) is 0 Å². The number of halogens is 10. The second kappa shape index (κ2) is 10.0. The van der Waals surface area contributed by atoms with Crippen LogP contribution in [0.2, 0.25) is 15.1 Å². The van der Waals surface area contributed by atoms with Gasteiger partial charge in [0.15, 0.2) is 0 Å². The predicted octanol–water partition coefficient (Wildman–Crippen LogP) is 7.30. The van der Waals surface area contributed by atoms with Crippen LogP contribution in [-0.4, -0.2) is 27.2 Å². The van der Waals surface area contributed by atoms with Crippen LogP contribution in [0.25, 0.3) is 5.83 Å². The molecule has 0 aliphatic heterocycles. The van der Waals surface area contributed by atoms with E-state index >= 15 is 0 Å². The van der Waals surface area contributed by atoms with Crippen molar-refractivity contribution in [2.45, 2.75) is 18.3 Å². The first-order valence-corrected chi connectivity index (χ1v) is 10.3. The molecule has 35 heavy (non-hydrogen) atoms. The molecule has 0 aliphatic carbocycles. The average molecular weight is 562 g/mol. The SMILES string of the molecule is O=C(Nn1ccnn1)c1ccc(/C(F)=C/C(c2cc(Cl)c(Cl)c(Cl)c2)C(F)(F)F)cc1C(F)(F)F. The molecule has 3 rings (SSSR count). The molecule has 0 aliphatic rings. The van der Waals surface area contributed by atoms with Gasteiger partial charge in [-0.05, 0) is 41.1 Å². The molecule has 0 saturated carbocycles. The standard InChI is InChI=1S/C20H10Cl3F7N4O/c21-14-6-10(7-15(22)17(14)23)12(19(25,26)27)8-16(24)9-1-2-11(13(5-9)20(28,29)30)18(35)32-34-4-3-31-33-34/h1-8,12H,(H,32,35)/b16-8-. The van der Waals surface area contributed by atoms with E-state index < -0.39 is 52.3 Å². The van der Waals surface area contributed by atoms with Crippen LogP contribution in [0.1, 0.15) is 33.0 Å². The van der Waals surface area contributed by atoms with Crippen molar-refractivity contribution < 1.29 is 35.5 Å². The van der Waals surface area contributed by atoms with Crippen LogP contribution in [0.5, 0.6) is 0 Å². The summed E-state index contributed by atoms with van der Waals surface area (Å²) in [5.41, 5.74) is -1.95. The molecule has 186 valence electrons. The van der Waals surface area contributed by atoms with Crippen LogP contribution in [0, 0.1) is 0 Å². The largest absolute Gasteiger partial charge is 0.417 e. The molecule has 0 saturated heterocycles. The molecule has 1 N–H and O–H groups in total. The maximum Gasteiger partial charge on any atom is 0.417 e. The highest BCUT2D eigenvalue weighted by Crippen LogP contribution is 2.42. The van der Waals surface area contributed by atoms with Gasteiger partial charge in [-0.15, -0.1) is 5.10 Å². The molecule has 2 aromatic carbocycles. The number of rotatable bonds is 5. The minimum Gasteiger partial charge on any atom is -0.267 e. The maximum absolute atomic E-state index is 14.9. The first-order valence-electron chi connectivity index (χ1n) is 9.16.